The molecule has 140 valence electrons. The summed E-state index contributed by atoms with van der Waals surface area (Å²) in [5, 5.41) is 0.434. The minimum Gasteiger partial charge on any atom is -0.476 e. The Morgan fingerprint density at radius 2 is 1.38 bits per heavy atom. The van der Waals surface area contributed by atoms with Crippen molar-refractivity contribution in [3.05, 3.63) is 63.9 Å². The van der Waals surface area contributed by atoms with Gasteiger partial charge in [-0.25, -0.2) is 26.7 Å². The monoisotopic (exact) mass is 394 g/mol. The molecule has 0 aliphatic carbocycles. The molecule has 2 aromatic carbocycles. The second-order valence-electron chi connectivity index (χ2n) is 5.69. The van der Waals surface area contributed by atoms with Crippen LogP contribution in [0.15, 0.2) is 24.3 Å². The molecule has 0 amide bonds. The Kier molecular flexibility index (Phi) is 5.75. The van der Waals surface area contributed by atoms with E-state index >= 15 is 0 Å². The number of benzene rings is 2. The van der Waals surface area contributed by atoms with Gasteiger partial charge in [0.2, 0.25) is 5.82 Å². The summed E-state index contributed by atoms with van der Waals surface area (Å²) < 4.78 is 76.5. The Labute approximate surface area is 150 Å². The molecule has 0 heterocycles. The van der Waals surface area contributed by atoms with E-state index in [1.54, 1.807) is 0 Å². The quantitative estimate of drug-likeness (QED) is 0.312. The van der Waals surface area contributed by atoms with Crippen LogP contribution >= 0.6 is 11.6 Å². The predicted molar refractivity (Wildman–Crippen MR) is 82.2 cm³/mol. The fourth-order valence-corrected chi connectivity index (χ4v) is 2.05. The van der Waals surface area contributed by atoms with Gasteiger partial charge in [0.25, 0.3) is 0 Å². The predicted octanol–water partition coefficient (Wildman–Crippen LogP) is 4.94. The van der Waals surface area contributed by atoms with Crippen LogP contribution in [0.3, 0.4) is 0 Å². The van der Waals surface area contributed by atoms with Crippen LogP contribution in [0.5, 0.6) is 5.75 Å². The number of esters is 1. The number of carbonyl (C=O) groups excluding carboxylic acids is 1. The fraction of sp³-hybridized carbons (Fsp3) is 0.235. The zero-order chi connectivity index (χ0) is 19.6. The van der Waals surface area contributed by atoms with Gasteiger partial charge in [0.05, 0.1) is 5.56 Å². The van der Waals surface area contributed by atoms with Crippen molar-refractivity contribution in [3.63, 3.8) is 0 Å². The Bertz CT molecular complexity index is 808. The number of hydrogen-bond acceptors (Lipinski definition) is 3. The zero-order valence-electron chi connectivity index (χ0n) is 13.5. The third kappa shape index (κ3) is 4.07. The minimum absolute atomic E-state index is 0.257. The van der Waals surface area contributed by atoms with Crippen LogP contribution in [0.1, 0.15) is 19.4 Å². The lowest BCUT2D eigenvalue weighted by Gasteiger charge is -2.24. The number of halogens is 6. The lowest BCUT2D eigenvalue weighted by molar-refractivity contribution is -0.160. The molecule has 0 fully saturated rings. The zero-order valence-corrected chi connectivity index (χ0v) is 14.3. The molecular weight excluding hydrogens is 383 g/mol. The summed E-state index contributed by atoms with van der Waals surface area (Å²) in [7, 11) is 0. The highest BCUT2D eigenvalue weighted by Gasteiger charge is 2.33. The lowest BCUT2D eigenvalue weighted by atomic mass is 10.1. The average molecular weight is 395 g/mol. The molecule has 0 unspecified atom stereocenters. The van der Waals surface area contributed by atoms with Crippen LogP contribution in [0.2, 0.25) is 5.02 Å². The maximum atomic E-state index is 13.6. The van der Waals surface area contributed by atoms with Gasteiger partial charge in [-0.05, 0) is 38.1 Å². The molecule has 0 atom stereocenters. The summed E-state index contributed by atoms with van der Waals surface area (Å²) >= 11 is 5.72. The summed E-state index contributed by atoms with van der Waals surface area (Å²) in [4.78, 5) is 12.1. The van der Waals surface area contributed by atoms with Crippen molar-refractivity contribution >= 4 is 17.6 Å². The molecule has 9 heteroatoms. The first-order valence-electron chi connectivity index (χ1n) is 7.16. The molecule has 0 saturated carbocycles. The number of rotatable bonds is 5. The van der Waals surface area contributed by atoms with E-state index in [0.717, 1.165) is 0 Å². The van der Waals surface area contributed by atoms with Gasteiger partial charge in [-0.3, -0.25) is 0 Å². The summed E-state index contributed by atoms with van der Waals surface area (Å²) in [5.74, 6) is -11.5. The molecule has 26 heavy (non-hydrogen) atoms. The van der Waals surface area contributed by atoms with E-state index in [2.05, 4.69) is 4.74 Å². The fourth-order valence-electron chi connectivity index (χ4n) is 1.93. The molecule has 0 saturated heterocycles. The van der Waals surface area contributed by atoms with Crippen LogP contribution in [-0.2, 0) is 16.1 Å². The van der Waals surface area contributed by atoms with Crippen molar-refractivity contribution in [2.24, 2.45) is 0 Å². The van der Waals surface area contributed by atoms with Crippen molar-refractivity contribution < 1.29 is 36.2 Å². The first kappa shape index (κ1) is 20.0. The first-order valence-corrected chi connectivity index (χ1v) is 7.54. The molecule has 0 aliphatic rings. The Hall–Kier alpha value is -2.35. The summed E-state index contributed by atoms with van der Waals surface area (Å²) in [6, 6.07) is 5.96. The summed E-state index contributed by atoms with van der Waals surface area (Å²) in [5.41, 5.74) is -2.85. The van der Waals surface area contributed by atoms with Gasteiger partial charge >= 0.3 is 5.97 Å². The summed E-state index contributed by atoms with van der Waals surface area (Å²) in [6.07, 6.45) is 0. The van der Waals surface area contributed by atoms with E-state index in [9.17, 15) is 26.7 Å². The molecule has 0 aromatic heterocycles. The SMILES string of the molecule is CC(C)(Oc1ccc(Cl)cc1)C(=O)OCc1c(F)c(F)c(F)c(F)c1F. The molecule has 0 spiro atoms. The smallest absolute Gasteiger partial charge is 0.350 e. The number of hydrogen-bond donors (Lipinski definition) is 0. The highest BCUT2D eigenvalue weighted by atomic mass is 35.5. The Balaban J connectivity index is 2.14. The van der Waals surface area contributed by atoms with Gasteiger partial charge in [-0.15, -0.1) is 0 Å². The van der Waals surface area contributed by atoms with E-state index < -0.39 is 52.8 Å². The summed E-state index contributed by atoms with van der Waals surface area (Å²) in [6.45, 7) is 1.46. The number of carbonyl (C=O) groups is 1. The van der Waals surface area contributed by atoms with Gasteiger partial charge < -0.3 is 9.47 Å². The standard InChI is InChI=1S/C17H12ClF5O3/c1-17(2,26-9-5-3-8(18)4-6-9)16(24)25-7-10-11(19)13(21)15(23)14(22)12(10)20/h3-6H,7H2,1-2H3. The Morgan fingerprint density at radius 3 is 1.88 bits per heavy atom. The van der Waals surface area contributed by atoms with Gasteiger partial charge in [0.15, 0.2) is 28.9 Å². The van der Waals surface area contributed by atoms with E-state index in [1.165, 1.54) is 38.1 Å². The molecule has 2 aromatic rings. The van der Waals surface area contributed by atoms with E-state index in [1.807, 2.05) is 0 Å². The molecular formula is C17H12ClF5O3. The topological polar surface area (TPSA) is 35.5 Å². The molecule has 0 aliphatic heterocycles. The lowest BCUT2D eigenvalue weighted by Crippen LogP contribution is -2.39. The van der Waals surface area contributed by atoms with E-state index in [4.69, 9.17) is 16.3 Å². The second-order valence-corrected chi connectivity index (χ2v) is 6.13. The van der Waals surface area contributed by atoms with E-state index in [0.29, 0.717) is 5.02 Å². The maximum absolute atomic E-state index is 13.6. The Morgan fingerprint density at radius 1 is 0.923 bits per heavy atom. The van der Waals surface area contributed by atoms with Crippen molar-refractivity contribution in [2.75, 3.05) is 0 Å². The molecule has 0 N–H and O–H groups in total. The largest absolute Gasteiger partial charge is 0.476 e. The molecule has 2 rings (SSSR count). The molecule has 3 nitrogen and oxygen atoms in total. The normalized spacial score (nSPS) is 11.4. The third-order valence-corrected chi connectivity index (χ3v) is 3.58. The first-order chi connectivity index (χ1) is 12.0. The highest BCUT2D eigenvalue weighted by Crippen LogP contribution is 2.25. The minimum atomic E-state index is -2.29. The van der Waals surface area contributed by atoms with Gasteiger partial charge in [-0.2, -0.15) is 0 Å². The average Bonchev–Trinajstić information content (AvgIpc) is 2.59. The van der Waals surface area contributed by atoms with Crippen LogP contribution in [0, 0.1) is 29.1 Å². The van der Waals surface area contributed by atoms with Crippen LogP contribution in [0.25, 0.3) is 0 Å². The van der Waals surface area contributed by atoms with Crippen LogP contribution in [0.4, 0.5) is 22.0 Å². The van der Waals surface area contributed by atoms with Crippen molar-refractivity contribution in [3.8, 4) is 5.75 Å². The van der Waals surface area contributed by atoms with E-state index in [-0.39, 0.29) is 5.75 Å². The van der Waals surface area contributed by atoms with Crippen molar-refractivity contribution in [2.45, 2.75) is 26.1 Å². The van der Waals surface area contributed by atoms with Crippen molar-refractivity contribution in [1.82, 2.24) is 0 Å². The van der Waals surface area contributed by atoms with Gasteiger partial charge in [0.1, 0.15) is 12.4 Å². The number of ether oxygens (including phenoxy) is 2. The third-order valence-electron chi connectivity index (χ3n) is 3.33. The van der Waals surface area contributed by atoms with Crippen molar-refractivity contribution in [1.29, 1.82) is 0 Å². The van der Waals surface area contributed by atoms with Gasteiger partial charge in [0, 0.05) is 5.02 Å². The van der Waals surface area contributed by atoms with Gasteiger partial charge in [-0.1, -0.05) is 11.6 Å². The van der Waals surface area contributed by atoms with Crippen LogP contribution in [-0.4, -0.2) is 11.6 Å². The second kappa shape index (κ2) is 7.49. The molecule has 0 radical (unpaired) electrons. The maximum Gasteiger partial charge on any atom is 0.350 e. The van der Waals surface area contributed by atoms with Crippen LogP contribution < -0.4 is 4.74 Å². The molecule has 0 bridgehead atoms. The highest BCUT2D eigenvalue weighted by molar-refractivity contribution is 6.30.